The van der Waals surface area contributed by atoms with Gasteiger partial charge in [-0.05, 0) is 40.7 Å². The third-order valence-corrected chi connectivity index (χ3v) is 2.87. The van der Waals surface area contributed by atoms with Crippen LogP contribution in [0.15, 0.2) is 18.3 Å². The van der Waals surface area contributed by atoms with Crippen molar-refractivity contribution in [3.63, 3.8) is 0 Å². The highest BCUT2D eigenvalue weighted by Crippen LogP contribution is 2.16. The van der Waals surface area contributed by atoms with E-state index >= 15 is 0 Å². The highest BCUT2D eigenvalue weighted by Gasteiger charge is 2.15. The molecule has 0 aromatic carbocycles. The van der Waals surface area contributed by atoms with E-state index in [1.807, 2.05) is 37.9 Å². The Morgan fingerprint density at radius 2 is 2.05 bits per heavy atom. The first-order valence-electron chi connectivity index (χ1n) is 7.38. The van der Waals surface area contributed by atoms with Crippen molar-refractivity contribution in [1.29, 1.82) is 0 Å². The van der Waals surface area contributed by atoms with Gasteiger partial charge >= 0.3 is 0 Å². The molecule has 0 spiro atoms. The van der Waals surface area contributed by atoms with Crippen LogP contribution in [0.1, 0.15) is 40.2 Å². The van der Waals surface area contributed by atoms with E-state index in [1.165, 1.54) is 0 Å². The highest BCUT2D eigenvalue weighted by molar-refractivity contribution is 5.81. The van der Waals surface area contributed by atoms with Gasteiger partial charge in [0.05, 0.1) is 6.54 Å². The fraction of sp³-hybridized carbons (Fsp3) is 0.625. The second-order valence-corrected chi connectivity index (χ2v) is 6.67. The van der Waals surface area contributed by atoms with Crippen LogP contribution in [0, 0.1) is 0 Å². The smallest absolute Gasteiger partial charge is 0.239 e. The van der Waals surface area contributed by atoms with E-state index in [2.05, 4.69) is 36.4 Å². The van der Waals surface area contributed by atoms with Crippen molar-refractivity contribution in [2.45, 2.75) is 52.7 Å². The summed E-state index contributed by atoms with van der Waals surface area (Å²) in [5.41, 5.74) is 1.13. The van der Waals surface area contributed by atoms with Gasteiger partial charge in [-0.15, -0.1) is 0 Å². The molecule has 0 unspecified atom stereocenters. The van der Waals surface area contributed by atoms with Gasteiger partial charge in [-0.25, -0.2) is 4.98 Å². The van der Waals surface area contributed by atoms with E-state index < -0.39 is 0 Å². The van der Waals surface area contributed by atoms with Crippen molar-refractivity contribution in [1.82, 2.24) is 15.6 Å². The molecular weight excluding hydrogens is 264 g/mol. The van der Waals surface area contributed by atoms with Crippen molar-refractivity contribution in [2.75, 3.05) is 18.5 Å². The van der Waals surface area contributed by atoms with E-state index in [4.69, 9.17) is 0 Å². The van der Waals surface area contributed by atoms with Crippen molar-refractivity contribution >= 4 is 11.7 Å². The van der Waals surface area contributed by atoms with Gasteiger partial charge in [0, 0.05) is 36.9 Å². The molecule has 2 N–H and O–H groups in total. The molecule has 0 fully saturated rings. The standard InChI is InChI=1S/C16H28N4O/c1-12(2)19-14(21)11-20(6)15-13(8-7-9-17-15)10-18-16(3,4)5/h7-9,12,18H,10-11H2,1-6H3,(H,19,21). The molecule has 0 atom stereocenters. The van der Waals surface area contributed by atoms with Crippen molar-refractivity contribution in [3.05, 3.63) is 23.9 Å². The van der Waals surface area contributed by atoms with E-state index in [0.717, 1.165) is 17.9 Å². The lowest BCUT2D eigenvalue weighted by molar-refractivity contribution is -0.120. The van der Waals surface area contributed by atoms with Crippen LogP contribution in [0.25, 0.3) is 0 Å². The number of pyridine rings is 1. The van der Waals surface area contributed by atoms with Crippen LogP contribution in [0.2, 0.25) is 0 Å². The Bertz CT molecular complexity index is 466. The largest absolute Gasteiger partial charge is 0.352 e. The number of amides is 1. The Balaban J connectivity index is 2.75. The Morgan fingerprint density at radius 1 is 1.38 bits per heavy atom. The van der Waals surface area contributed by atoms with Crippen molar-refractivity contribution < 1.29 is 4.79 Å². The molecule has 1 heterocycles. The zero-order chi connectivity index (χ0) is 16.0. The maximum atomic E-state index is 11.9. The third-order valence-electron chi connectivity index (χ3n) is 2.87. The van der Waals surface area contributed by atoms with E-state index in [9.17, 15) is 4.79 Å². The zero-order valence-corrected chi connectivity index (χ0v) is 14.0. The lowest BCUT2D eigenvalue weighted by Crippen LogP contribution is -2.39. The second-order valence-electron chi connectivity index (χ2n) is 6.67. The lowest BCUT2D eigenvalue weighted by atomic mass is 10.1. The molecule has 21 heavy (non-hydrogen) atoms. The number of hydrogen-bond donors (Lipinski definition) is 2. The van der Waals surface area contributed by atoms with E-state index in [0.29, 0.717) is 6.54 Å². The van der Waals surface area contributed by atoms with Gasteiger partial charge in [0.25, 0.3) is 0 Å². The summed E-state index contributed by atoms with van der Waals surface area (Å²) in [5.74, 6) is 0.848. The molecule has 0 radical (unpaired) electrons. The van der Waals surface area contributed by atoms with Gasteiger partial charge in [0.1, 0.15) is 5.82 Å². The fourth-order valence-electron chi connectivity index (χ4n) is 1.93. The number of anilines is 1. The Labute approximate surface area is 128 Å². The summed E-state index contributed by atoms with van der Waals surface area (Å²) in [6.45, 7) is 11.3. The maximum Gasteiger partial charge on any atom is 0.239 e. The SMILES string of the molecule is CC(C)NC(=O)CN(C)c1ncccc1CNC(C)(C)C. The van der Waals surface area contributed by atoms with Crippen LogP contribution in [-0.4, -0.2) is 36.1 Å². The molecule has 0 bridgehead atoms. The molecule has 118 valence electrons. The topological polar surface area (TPSA) is 57.3 Å². The summed E-state index contributed by atoms with van der Waals surface area (Å²) in [4.78, 5) is 18.2. The summed E-state index contributed by atoms with van der Waals surface area (Å²) in [5, 5.41) is 6.35. The molecule has 0 aliphatic rings. The van der Waals surface area contributed by atoms with Gasteiger partial charge in [-0.2, -0.15) is 0 Å². The summed E-state index contributed by atoms with van der Waals surface area (Å²) in [7, 11) is 1.89. The Hall–Kier alpha value is -1.62. The molecule has 1 rings (SSSR count). The third kappa shape index (κ3) is 6.58. The van der Waals surface area contributed by atoms with Gasteiger partial charge in [-0.3, -0.25) is 4.79 Å². The first-order chi connectivity index (χ1) is 9.69. The summed E-state index contributed by atoms with van der Waals surface area (Å²) in [6.07, 6.45) is 1.76. The van der Waals surface area contributed by atoms with Crippen LogP contribution >= 0.6 is 0 Å². The monoisotopic (exact) mass is 292 g/mol. The first-order valence-corrected chi connectivity index (χ1v) is 7.38. The minimum absolute atomic E-state index is 0.00730. The minimum Gasteiger partial charge on any atom is -0.352 e. The number of likely N-dealkylation sites (N-methyl/N-ethyl adjacent to an activating group) is 1. The van der Waals surface area contributed by atoms with Crippen LogP contribution in [0.4, 0.5) is 5.82 Å². The van der Waals surface area contributed by atoms with Crippen molar-refractivity contribution in [2.24, 2.45) is 0 Å². The van der Waals surface area contributed by atoms with Crippen LogP contribution in [-0.2, 0) is 11.3 Å². The summed E-state index contributed by atoms with van der Waals surface area (Å²) < 4.78 is 0. The highest BCUT2D eigenvalue weighted by atomic mass is 16.2. The minimum atomic E-state index is 0.00730. The molecule has 5 heteroatoms. The number of carbonyl (C=O) groups excluding carboxylic acids is 1. The van der Waals surface area contributed by atoms with E-state index in [1.54, 1.807) is 6.20 Å². The van der Waals surface area contributed by atoms with Crippen LogP contribution in [0.5, 0.6) is 0 Å². The van der Waals surface area contributed by atoms with Crippen molar-refractivity contribution in [3.8, 4) is 0 Å². The fourth-order valence-corrected chi connectivity index (χ4v) is 1.93. The molecule has 5 nitrogen and oxygen atoms in total. The first kappa shape index (κ1) is 17.4. The second kappa shape index (κ2) is 7.41. The van der Waals surface area contributed by atoms with Gasteiger partial charge in [-0.1, -0.05) is 6.07 Å². The van der Waals surface area contributed by atoms with Gasteiger partial charge in [0.15, 0.2) is 0 Å². The normalized spacial score (nSPS) is 11.6. The predicted octanol–water partition coefficient (Wildman–Crippen LogP) is 1.93. The number of carbonyl (C=O) groups is 1. The van der Waals surface area contributed by atoms with Crippen LogP contribution in [0.3, 0.4) is 0 Å². The number of nitrogens with zero attached hydrogens (tertiary/aromatic N) is 2. The molecule has 1 amide bonds. The molecule has 0 saturated carbocycles. The summed E-state index contributed by atoms with van der Waals surface area (Å²) >= 11 is 0. The quantitative estimate of drug-likeness (QED) is 0.841. The van der Waals surface area contributed by atoms with Gasteiger partial charge in [0.2, 0.25) is 5.91 Å². The number of aromatic nitrogens is 1. The zero-order valence-electron chi connectivity index (χ0n) is 14.0. The Kier molecular flexibility index (Phi) is 6.15. The lowest BCUT2D eigenvalue weighted by Gasteiger charge is -2.24. The van der Waals surface area contributed by atoms with E-state index in [-0.39, 0.29) is 17.5 Å². The Morgan fingerprint density at radius 3 is 2.62 bits per heavy atom. The predicted molar refractivity (Wildman–Crippen MR) is 87.4 cm³/mol. The summed E-state index contributed by atoms with van der Waals surface area (Å²) in [6, 6.07) is 4.11. The maximum absolute atomic E-state index is 11.9. The van der Waals surface area contributed by atoms with Gasteiger partial charge < -0.3 is 15.5 Å². The molecule has 0 saturated heterocycles. The molecule has 1 aromatic heterocycles. The molecule has 0 aliphatic carbocycles. The molecular formula is C16H28N4O. The van der Waals surface area contributed by atoms with Crippen LogP contribution < -0.4 is 15.5 Å². The molecule has 0 aliphatic heterocycles. The average Bonchev–Trinajstić information content (AvgIpc) is 2.34. The average molecular weight is 292 g/mol. The number of nitrogens with one attached hydrogen (secondary N) is 2. The molecule has 1 aromatic rings. The number of rotatable bonds is 6. The number of hydrogen-bond acceptors (Lipinski definition) is 4.